The topological polar surface area (TPSA) is 136 Å². The molecule has 2 aromatic carbocycles. The van der Waals surface area contributed by atoms with Crippen molar-refractivity contribution >= 4 is 29.3 Å². The fourth-order valence-corrected chi connectivity index (χ4v) is 4.40. The third-order valence-electron chi connectivity index (χ3n) is 6.63. The van der Waals surface area contributed by atoms with E-state index in [9.17, 15) is 19.6 Å². The van der Waals surface area contributed by atoms with Crippen LogP contribution in [0.2, 0.25) is 0 Å². The highest BCUT2D eigenvalue weighted by Crippen LogP contribution is 2.31. The lowest BCUT2D eigenvalue weighted by atomic mass is 9.89. The van der Waals surface area contributed by atoms with Crippen LogP contribution >= 0.6 is 0 Å². The quantitative estimate of drug-likeness (QED) is 0.447. The summed E-state index contributed by atoms with van der Waals surface area (Å²) in [6.45, 7) is 2.50. The molecule has 0 spiro atoms. The Labute approximate surface area is 219 Å². The number of piperidine rings is 1. The van der Waals surface area contributed by atoms with Gasteiger partial charge in [-0.05, 0) is 55.3 Å². The van der Waals surface area contributed by atoms with Crippen molar-refractivity contribution in [2.75, 3.05) is 43.1 Å². The second-order valence-corrected chi connectivity index (χ2v) is 9.18. The summed E-state index contributed by atoms with van der Waals surface area (Å²) in [6, 6.07) is 13.3. The van der Waals surface area contributed by atoms with Crippen molar-refractivity contribution in [3.05, 3.63) is 53.8 Å². The molecule has 0 aliphatic carbocycles. The summed E-state index contributed by atoms with van der Waals surface area (Å²) in [4.78, 5) is 39.0. The maximum atomic E-state index is 15.1. The Morgan fingerprint density at radius 2 is 1.92 bits per heavy atom. The fourth-order valence-electron chi connectivity index (χ4n) is 4.40. The summed E-state index contributed by atoms with van der Waals surface area (Å²) in [5, 5.41) is 12.4. The van der Waals surface area contributed by atoms with Crippen LogP contribution in [-0.4, -0.2) is 62.8 Å². The number of benzene rings is 2. The van der Waals surface area contributed by atoms with Crippen molar-refractivity contribution in [3.63, 3.8) is 0 Å². The number of methoxy groups -OCH3 is 1. The SMILES string of the molecule is COc1ccc(C(=O)NNC2(C#N)CCN(c3ccc(N4C[C@H](CNC(C)=O)OC4=O)cc3F)CC2)cc1. The number of hydrogen-bond donors (Lipinski definition) is 3. The Morgan fingerprint density at radius 1 is 1.21 bits per heavy atom. The smallest absolute Gasteiger partial charge is 0.414 e. The minimum Gasteiger partial charge on any atom is -0.497 e. The molecule has 2 fully saturated rings. The van der Waals surface area contributed by atoms with Gasteiger partial charge in [-0.1, -0.05) is 0 Å². The maximum Gasteiger partial charge on any atom is 0.414 e. The first-order valence-corrected chi connectivity index (χ1v) is 12.1. The van der Waals surface area contributed by atoms with Gasteiger partial charge >= 0.3 is 6.09 Å². The molecule has 4 rings (SSSR count). The van der Waals surface area contributed by atoms with E-state index in [0.717, 1.165) is 0 Å². The molecule has 0 radical (unpaired) electrons. The van der Waals surface area contributed by atoms with Crippen molar-refractivity contribution < 1.29 is 28.2 Å². The summed E-state index contributed by atoms with van der Waals surface area (Å²) in [7, 11) is 1.54. The zero-order valence-electron chi connectivity index (χ0n) is 21.1. The van der Waals surface area contributed by atoms with Crippen LogP contribution in [0.25, 0.3) is 0 Å². The van der Waals surface area contributed by atoms with Gasteiger partial charge in [0.2, 0.25) is 5.91 Å². The first-order valence-electron chi connectivity index (χ1n) is 12.1. The number of anilines is 2. The van der Waals surface area contributed by atoms with E-state index in [1.54, 1.807) is 36.4 Å². The first kappa shape index (κ1) is 26.7. The number of hydrazine groups is 1. The number of amides is 3. The highest BCUT2D eigenvalue weighted by Gasteiger charge is 2.37. The van der Waals surface area contributed by atoms with Gasteiger partial charge in [0.15, 0.2) is 0 Å². The molecular formula is C26H29FN6O5. The van der Waals surface area contributed by atoms with Gasteiger partial charge in [-0.25, -0.2) is 14.6 Å². The van der Waals surface area contributed by atoms with Crippen LogP contribution in [-0.2, 0) is 9.53 Å². The average Bonchev–Trinajstić information content (AvgIpc) is 3.31. The van der Waals surface area contributed by atoms with E-state index < -0.39 is 23.6 Å². The van der Waals surface area contributed by atoms with Crippen molar-refractivity contribution in [1.29, 1.82) is 5.26 Å². The molecular weight excluding hydrogens is 495 g/mol. The molecule has 0 bridgehead atoms. The Morgan fingerprint density at radius 3 is 2.53 bits per heavy atom. The van der Waals surface area contributed by atoms with Crippen molar-refractivity contribution in [2.24, 2.45) is 0 Å². The van der Waals surface area contributed by atoms with Crippen LogP contribution in [0.5, 0.6) is 5.75 Å². The third kappa shape index (κ3) is 5.95. The molecule has 2 heterocycles. The maximum absolute atomic E-state index is 15.1. The Hall–Kier alpha value is -4.37. The van der Waals surface area contributed by atoms with Crippen molar-refractivity contribution in [3.8, 4) is 11.8 Å². The number of nitriles is 1. The molecule has 2 saturated heterocycles. The van der Waals surface area contributed by atoms with Crippen LogP contribution in [0.4, 0.5) is 20.6 Å². The number of cyclic esters (lactones) is 1. The zero-order valence-corrected chi connectivity index (χ0v) is 21.1. The zero-order chi connectivity index (χ0) is 27.3. The minimum absolute atomic E-state index is 0.182. The molecule has 2 aliphatic rings. The first-order chi connectivity index (χ1) is 18.2. The van der Waals surface area contributed by atoms with Gasteiger partial charge in [-0.15, -0.1) is 0 Å². The lowest BCUT2D eigenvalue weighted by Crippen LogP contribution is -2.58. The molecule has 38 heavy (non-hydrogen) atoms. The largest absolute Gasteiger partial charge is 0.497 e. The molecule has 1 atom stereocenters. The minimum atomic E-state index is -1.00. The predicted molar refractivity (Wildman–Crippen MR) is 136 cm³/mol. The summed E-state index contributed by atoms with van der Waals surface area (Å²) < 4.78 is 25.5. The van der Waals surface area contributed by atoms with Crippen LogP contribution in [0.3, 0.4) is 0 Å². The molecule has 11 nitrogen and oxygen atoms in total. The molecule has 0 unspecified atom stereocenters. The number of rotatable bonds is 8. The van der Waals surface area contributed by atoms with E-state index in [-0.39, 0.29) is 24.9 Å². The van der Waals surface area contributed by atoms with Gasteiger partial charge < -0.3 is 19.7 Å². The van der Waals surface area contributed by atoms with E-state index >= 15 is 4.39 Å². The van der Waals surface area contributed by atoms with Gasteiger partial charge in [0.1, 0.15) is 23.2 Å². The molecule has 0 saturated carbocycles. The second kappa shape index (κ2) is 11.4. The number of halogens is 1. The molecule has 0 aromatic heterocycles. The van der Waals surface area contributed by atoms with Crippen LogP contribution < -0.4 is 30.7 Å². The van der Waals surface area contributed by atoms with Gasteiger partial charge in [0.25, 0.3) is 5.91 Å². The number of nitrogens with zero attached hydrogens (tertiary/aromatic N) is 3. The van der Waals surface area contributed by atoms with E-state index in [1.165, 1.54) is 25.0 Å². The number of carbonyl (C=O) groups excluding carboxylic acids is 3. The summed E-state index contributed by atoms with van der Waals surface area (Å²) in [6.07, 6.45) is -0.437. The second-order valence-electron chi connectivity index (χ2n) is 9.18. The van der Waals surface area contributed by atoms with Gasteiger partial charge in [-0.3, -0.25) is 19.9 Å². The molecule has 3 amide bonds. The summed E-state index contributed by atoms with van der Waals surface area (Å²) in [5.74, 6) is -0.495. The summed E-state index contributed by atoms with van der Waals surface area (Å²) >= 11 is 0. The molecule has 3 N–H and O–H groups in total. The van der Waals surface area contributed by atoms with Crippen LogP contribution in [0, 0.1) is 17.1 Å². The third-order valence-corrected chi connectivity index (χ3v) is 6.63. The number of nitrogens with one attached hydrogen (secondary N) is 3. The number of carbonyl (C=O) groups is 3. The van der Waals surface area contributed by atoms with E-state index in [0.29, 0.717) is 48.6 Å². The standard InChI is InChI=1S/C26H29FN6O5/c1-17(34)29-14-21-15-33(25(36)38-21)19-5-8-23(22(27)13-19)32-11-9-26(16-28,10-12-32)31-30-24(35)18-3-6-20(37-2)7-4-18/h3-8,13,21,31H,9-12,14-15H2,1-2H3,(H,29,34)(H,30,35)/t21-/m0/s1. The molecule has 2 aliphatic heterocycles. The number of ether oxygens (including phenoxy) is 2. The van der Waals surface area contributed by atoms with Crippen LogP contribution in [0.1, 0.15) is 30.1 Å². The average molecular weight is 525 g/mol. The monoisotopic (exact) mass is 524 g/mol. The lowest BCUT2D eigenvalue weighted by Gasteiger charge is -2.39. The Bertz CT molecular complexity index is 1240. The highest BCUT2D eigenvalue weighted by molar-refractivity contribution is 5.94. The van der Waals surface area contributed by atoms with Gasteiger partial charge in [0.05, 0.1) is 37.6 Å². The van der Waals surface area contributed by atoms with Crippen molar-refractivity contribution in [1.82, 2.24) is 16.2 Å². The van der Waals surface area contributed by atoms with Gasteiger partial charge in [-0.2, -0.15) is 5.26 Å². The van der Waals surface area contributed by atoms with E-state index in [4.69, 9.17) is 9.47 Å². The van der Waals surface area contributed by atoms with E-state index in [2.05, 4.69) is 22.2 Å². The van der Waals surface area contributed by atoms with Gasteiger partial charge in [0, 0.05) is 25.6 Å². The Kier molecular flexibility index (Phi) is 7.97. The molecule has 200 valence electrons. The predicted octanol–water partition coefficient (Wildman–Crippen LogP) is 2.09. The normalized spacial score (nSPS) is 18.4. The molecule has 2 aromatic rings. The molecule has 12 heteroatoms. The van der Waals surface area contributed by atoms with Crippen LogP contribution in [0.15, 0.2) is 42.5 Å². The number of hydrogen-bond acceptors (Lipinski definition) is 8. The lowest BCUT2D eigenvalue weighted by molar-refractivity contribution is -0.119. The highest BCUT2D eigenvalue weighted by atomic mass is 19.1. The fraction of sp³-hybridized carbons (Fsp3) is 0.385. The summed E-state index contributed by atoms with van der Waals surface area (Å²) in [5.41, 5.74) is 5.60. The Balaban J connectivity index is 1.34. The van der Waals surface area contributed by atoms with E-state index in [1.807, 2.05) is 4.90 Å². The van der Waals surface area contributed by atoms with Crippen molar-refractivity contribution in [2.45, 2.75) is 31.4 Å².